The van der Waals surface area contributed by atoms with Crippen LogP contribution in [0.3, 0.4) is 0 Å². The highest BCUT2D eigenvalue weighted by molar-refractivity contribution is 9.10. The molecule has 0 saturated carbocycles. The van der Waals surface area contributed by atoms with E-state index < -0.39 is 0 Å². The number of carbonyl (C=O) groups is 1. The van der Waals surface area contributed by atoms with Gasteiger partial charge in [0.05, 0.1) is 13.3 Å². The Balaban J connectivity index is 1.50. The molecule has 6 heteroatoms. The lowest BCUT2D eigenvalue weighted by atomic mass is 9.84. The van der Waals surface area contributed by atoms with E-state index >= 15 is 0 Å². The third kappa shape index (κ3) is 5.70. The fourth-order valence-electron chi connectivity index (χ4n) is 2.95. The number of aryl methyl sites for hydroxylation is 1. The van der Waals surface area contributed by atoms with Gasteiger partial charge in [0.2, 0.25) is 5.91 Å². The molecule has 0 spiro atoms. The average molecular weight is 457 g/mol. The summed E-state index contributed by atoms with van der Waals surface area (Å²) in [5, 5.41) is 3.02. The molecule has 5 nitrogen and oxygen atoms in total. The van der Waals surface area contributed by atoms with Gasteiger partial charge in [-0.05, 0) is 42.0 Å². The van der Waals surface area contributed by atoms with Gasteiger partial charge in [-0.1, -0.05) is 41.9 Å². The van der Waals surface area contributed by atoms with Gasteiger partial charge >= 0.3 is 0 Å². The Bertz CT molecular complexity index is 947. The van der Waals surface area contributed by atoms with Crippen molar-refractivity contribution < 1.29 is 13.9 Å². The van der Waals surface area contributed by atoms with E-state index in [9.17, 15) is 4.79 Å². The molecule has 2 aromatic carbocycles. The fraction of sp³-hybridized carbons (Fsp3) is 0.304. The van der Waals surface area contributed by atoms with Crippen LogP contribution in [0.15, 0.2) is 63.6 Å². The molecule has 0 atom stereocenters. The Hall–Kier alpha value is -2.60. The monoisotopic (exact) mass is 456 g/mol. The Morgan fingerprint density at radius 2 is 1.83 bits per heavy atom. The maximum absolute atomic E-state index is 12.3. The minimum Gasteiger partial charge on any atom is -0.497 e. The number of hydrogen-bond donors (Lipinski definition) is 1. The van der Waals surface area contributed by atoms with Crippen LogP contribution in [0, 0.1) is 0 Å². The standard InChI is InChI=1S/C23H25BrN2O3/c1-23(2,17-6-8-18(24)9-7-17)15-26-21(27)12-13-22-25-14-20(29-22)16-4-10-19(28-3)11-5-16/h4-11,14H,12-13,15H2,1-3H3,(H,26,27). The van der Waals surface area contributed by atoms with Crippen LogP contribution in [-0.2, 0) is 16.6 Å². The molecule has 0 radical (unpaired) electrons. The van der Waals surface area contributed by atoms with Gasteiger partial charge < -0.3 is 14.5 Å². The van der Waals surface area contributed by atoms with E-state index in [2.05, 4.69) is 52.2 Å². The SMILES string of the molecule is COc1ccc(-c2cnc(CCC(=O)NCC(C)(C)c3ccc(Br)cc3)o2)cc1. The number of rotatable bonds is 8. The van der Waals surface area contributed by atoms with Crippen LogP contribution in [-0.4, -0.2) is 24.5 Å². The predicted molar refractivity (Wildman–Crippen MR) is 117 cm³/mol. The first-order valence-corrected chi connectivity index (χ1v) is 10.3. The highest BCUT2D eigenvalue weighted by atomic mass is 79.9. The summed E-state index contributed by atoms with van der Waals surface area (Å²) < 4.78 is 12.0. The summed E-state index contributed by atoms with van der Waals surface area (Å²) in [6, 6.07) is 15.8. The van der Waals surface area contributed by atoms with Gasteiger partial charge in [-0.25, -0.2) is 4.98 Å². The number of oxazole rings is 1. The molecule has 0 saturated heterocycles. The zero-order valence-electron chi connectivity index (χ0n) is 16.9. The zero-order chi connectivity index (χ0) is 20.9. The summed E-state index contributed by atoms with van der Waals surface area (Å²) in [7, 11) is 1.63. The molecule has 1 aromatic heterocycles. The zero-order valence-corrected chi connectivity index (χ0v) is 18.5. The van der Waals surface area contributed by atoms with Crippen molar-refractivity contribution in [3.8, 4) is 17.1 Å². The third-order valence-corrected chi connectivity index (χ3v) is 5.38. The minimum absolute atomic E-state index is 0.0145. The van der Waals surface area contributed by atoms with E-state index in [0.717, 1.165) is 15.8 Å². The van der Waals surface area contributed by atoms with Crippen molar-refractivity contribution in [3.05, 3.63) is 70.7 Å². The first-order chi connectivity index (χ1) is 13.9. The van der Waals surface area contributed by atoms with E-state index in [0.29, 0.717) is 31.0 Å². The van der Waals surface area contributed by atoms with Crippen LogP contribution < -0.4 is 10.1 Å². The lowest BCUT2D eigenvalue weighted by Crippen LogP contribution is -2.36. The highest BCUT2D eigenvalue weighted by Gasteiger charge is 2.21. The number of ether oxygens (including phenoxy) is 1. The quantitative estimate of drug-likeness (QED) is 0.509. The minimum atomic E-state index is -0.152. The predicted octanol–water partition coefficient (Wildman–Crippen LogP) is 5.14. The summed E-state index contributed by atoms with van der Waals surface area (Å²) in [4.78, 5) is 16.6. The van der Waals surface area contributed by atoms with Crippen LogP contribution in [0.2, 0.25) is 0 Å². The van der Waals surface area contributed by atoms with Crippen molar-refractivity contribution >= 4 is 21.8 Å². The summed E-state index contributed by atoms with van der Waals surface area (Å²) in [5.74, 6) is 2.01. The smallest absolute Gasteiger partial charge is 0.220 e. The third-order valence-electron chi connectivity index (χ3n) is 4.85. The van der Waals surface area contributed by atoms with Crippen LogP contribution >= 0.6 is 15.9 Å². The van der Waals surface area contributed by atoms with Crippen LogP contribution in [0.5, 0.6) is 5.75 Å². The Morgan fingerprint density at radius 1 is 1.14 bits per heavy atom. The van der Waals surface area contributed by atoms with Crippen molar-refractivity contribution in [2.45, 2.75) is 32.1 Å². The molecule has 1 N–H and O–H groups in total. The van der Waals surface area contributed by atoms with Crippen LogP contribution in [0.1, 0.15) is 31.7 Å². The largest absolute Gasteiger partial charge is 0.497 e. The molecule has 3 aromatic rings. The summed E-state index contributed by atoms with van der Waals surface area (Å²) in [6.45, 7) is 4.80. The molecule has 0 aliphatic rings. The van der Waals surface area contributed by atoms with Crippen molar-refractivity contribution in [1.82, 2.24) is 10.3 Å². The number of halogens is 1. The molecule has 0 aliphatic heterocycles. The second-order valence-corrected chi connectivity index (χ2v) is 8.43. The molecular formula is C23H25BrN2O3. The van der Waals surface area contributed by atoms with Gasteiger partial charge in [0.15, 0.2) is 11.7 Å². The van der Waals surface area contributed by atoms with E-state index in [1.54, 1.807) is 13.3 Å². The maximum Gasteiger partial charge on any atom is 0.220 e. The van der Waals surface area contributed by atoms with Gasteiger partial charge in [0, 0.05) is 34.8 Å². The van der Waals surface area contributed by atoms with Gasteiger partial charge in [0.1, 0.15) is 5.75 Å². The van der Waals surface area contributed by atoms with Gasteiger partial charge in [-0.15, -0.1) is 0 Å². The number of aromatic nitrogens is 1. The van der Waals surface area contributed by atoms with Crippen molar-refractivity contribution in [3.63, 3.8) is 0 Å². The Labute approximate surface area is 179 Å². The van der Waals surface area contributed by atoms with Gasteiger partial charge in [0.25, 0.3) is 0 Å². The van der Waals surface area contributed by atoms with Crippen molar-refractivity contribution in [2.75, 3.05) is 13.7 Å². The Kier molecular flexibility index (Phi) is 6.75. The topological polar surface area (TPSA) is 64.4 Å². The van der Waals surface area contributed by atoms with Crippen LogP contribution in [0.25, 0.3) is 11.3 Å². The molecule has 0 unspecified atom stereocenters. The summed E-state index contributed by atoms with van der Waals surface area (Å²) in [5.41, 5.74) is 1.95. The molecule has 0 aliphatic carbocycles. The first kappa shape index (κ1) is 21.1. The molecular weight excluding hydrogens is 432 g/mol. The second-order valence-electron chi connectivity index (χ2n) is 7.51. The summed E-state index contributed by atoms with van der Waals surface area (Å²) >= 11 is 3.45. The van der Waals surface area contributed by atoms with Crippen molar-refractivity contribution in [2.24, 2.45) is 0 Å². The van der Waals surface area contributed by atoms with Gasteiger partial charge in [-0.3, -0.25) is 4.79 Å². The molecule has 0 fully saturated rings. The molecule has 3 rings (SSSR count). The maximum atomic E-state index is 12.3. The normalized spacial score (nSPS) is 11.3. The van der Waals surface area contributed by atoms with E-state index in [1.165, 1.54) is 5.56 Å². The molecule has 1 amide bonds. The fourth-order valence-corrected chi connectivity index (χ4v) is 3.21. The average Bonchev–Trinajstić information content (AvgIpc) is 3.20. The molecule has 29 heavy (non-hydrogen) atoms. The molecule has 1 heterocycles. The van der Waals surface area contributed by atoms with Crippen LogP contribution in [0.4, 0.5) is 0 Å². The second kappa shape index (κ2) is 9.27. The highest BCUT2D eigenvalue weighted by Crippen LogP contribution is 2.25. The Morgan fingerprint density at radius 3 is 2.48 bits per heavy atom. The molecule has 0 bridgehead atoms. The summed E-state index contributed by atoms with van der Waals surface area (Å²) in [6.07, 6.45) is 2.48. The lowest BCUT2D eigenvalue weighted by Gasteiger charge is -2.25. The number of nitrogens with one attached hydrogen (secondary N) is 1. The number of benzene rings is 2. The number of methoxy groups -OCH3 is 1. The van der Waals surface area contributed by atoms with E-state index in [4.69, 9.17) is 9.15 Å². The van der Waals surface area contributed by atoms with E-state index in [1.807, 2.05) is 36.4 Å². The van der Waals surface area contributed by atoms with Gasteiger partial charge in [-0.2, -0.15) is 0 Å². The number of hydrogen-bond acceptors (Lipinski definition) is 4. The lowest BCUT2D eigenvalue weighted by molar-refractivity contribution is -0.121. The first-order valence-electron chi connectivity index (χ1n) is 9.49. The molecule has 152 valence electrons. The van der Waals surface area contributed by atoms with Crippen molar-refractivity contribution in [1.29, 1.82) is 0 Å². The number of nitrogens with zero attached hydrogens (tertiary/aromatic N) is 1. The van der Waals surface area contributed by atoms with E-state index in [-0.39, 0.29) is 11.3 Å². The number of carbonyl (C=O) groups excluding carboxylic acids is 1. The number of amides is 1.